The van der Waals surface area contributed by atoms with Gasteiger partial charge in [-0.25, -0.2) is 0 Å². The maximum absolute atomic E-state index is 3.81. The van der Waals surface area contributed by atoms with Crippen LogP contribution in [0.25, 0.3) is 0 Å². The van der Waals surface area contributed by atoms with Crippen molar-refractivity contribution in [3.05, 3.63) is 35.9 Å². The summed E-state index contributed by atoms with van der Waals surface area (Å²) in [7, 11) is 0. The van der Waals surface area contributed by atoms with E-state index in [4.69, 9.17) is 0 Å². The van der Waals surface area contributed by atoms with Crippen LogP contribution in [0.2, 0.25) is 0 Å². The van der Waals surface area contributed by atoms with Gasteiger partial charge in [0.05, 0.1) is 0 Å². The quantitative estimate of drug-likeness (QED) is 0.900. The van der Waals surface area contributed by atoms with Crippen LogP contribution in [0.15, 0.2) is 30.3 Å². The number of hydrogen-bond donors (Lipinski definition) is 1. The number of benzene rings is 1. The maximum Gasteiger partial charge on any atom is 0.0450 e. The molecular formula is C19H30N2. The fourth-order valence-electron chi connectivity index (χ4n) is 4.16. The normalized spacial score (nSPS) is 29.6. The first-order valence-electron chi connectivity index (χ1n) is 8.83. The summed E-state index contributed by atoms with van der Waals surface area (Å²) < 4.78 is 0. The molecule has 0 radical (unpaired) electrons. The van der Waals surface area contributed by atoms with Crippen LogP contribution in [-0.2, 0) is 0 Å². The van der Waals surface area contributed by atoms with Gasteiger partial charge in [0.25, 0.3) is 0 Å². The third kappa shape index (κ3) is 3.32. The van der Waals surface area contributed by atoms with Crippen LogP contribution < -0.4 is 5.32 Å². The molecule has 0 bridgehead atoms. The Bertz CT molecular complexity index is 424. The van der Waals surface area contributed by atoms with Gasteiger partial charge in [-0.15, -0.1) is 0 Å². The first-order valence-corrected chi connectivity index (χ1v) is 8.83. The molecule has 1 aliphatic heterocycles. The van der Waals surface area contributed by atoms with E-state index >= 15 is 0 Å². The minimum atomic E-state index is 0.507. The first kappa shape index (κ1) is 15.1. The Morgan fingerprint density at radius 2 is 1.90 bits per heavy atom. The van der Waals surface area contributed by atoms with Gasteiger partial charge in [-0.1, -0.05) is 63.4 Å². The fraction of sp³-hybridized carbons (Fsp3) is 0.684. The molecule has 1 aromatic rings. The van der Waals surface area contributed by atoms with E-state index in [1.807, 2.05) is 0 Å². The largest absolute Gasteiger partial charge is 0.307 e. The topological polar surface area (TPSA) is 15.3 Å². The smallest absolute Gasteiger partial charge is 0.0450 e. The fourth-order valence-corrected chi connectivity index (χ4v) is 4.16. The Hall–Kier alpha value is -0.860. The zero-order chi connectivity index (χ0) is 14.7. The lowest BCUT2D eigenvalue weighted by atomic mass is 9.91. The Morgan fingerprint density at radius 1 is 1.19 bits per heavy atom. The van der Waals surface area contributed by atoms with Crippen molar-refractivity contribution in [2.75, 3.05) is 13.1 Å². The summed E-state index contributed by atoms with van der Waals surface area (Å²) in [6.07, 6.45) is 6.96. The van der Waals surface area contributed by atoms with Crippen molar-refractivity contribution in [2.45, 2.75) is 64.1 Å². The van der Waals surface area contributed by atoms with Crippen LogP contribution in [0.1, 0.15) is 57.6 Å². The van der Waals surface area contributed by atoms with E-state index in [9.17, 15) is 0 Å². The van der Waals surface area contributed by atoms with Gasteiger partial charge in [0.2, 0.25) is 0 Å². The highest BCUT2D eigenvalue weighted by Gasteiger charge is 2.36. The van der Waals surface area contributed by atoms with Crippen molar-refractivity contribution in [1.82, 2.24) is 10.2 Å². The van der Waals surface area contributed by atoms with Crippen LogP contribution in [0.4, 0.5) is 0 Å². The first-order chi connectivity index (χ1) is 10.3. The number of hydrogen-bond acceptors (Lipinski definition) is 2. The van der Waals surface area contributed by atoms with E-state index in [-0.39, 0.29) is 0 Å². The lowest BCUT2D eigenvalue weighted by molar-refractivity contribution is 0.0519. The summed E-state index contributed by atoms with van der Waals surface area (Å²) in [5.41, 5.74) is 1.45. The van der Waals surface area contributed by atoms with Gasteiger partial charge < -0.3 is 5.32 Å². The van der Waals surface area contributed by atoms with Crippen molar-refractivity contribution >= 4 is 0 Å². The van der Waals surface area contributed by atoms with E-state index < -0.39 is 0 Å². The molecule has 2 aliphatic rings. The third-order valence-corrected chi connectivity index (χ3v) is 5.69. The highest BCUT2D eigenvalue weighted by Crippen LogP contribution is 2.32. The van der Waals surface area contributed by atoms with Gasteiger partial charge in [0.15, 0.2) is 0 Å². The highest BCUT2D eigenvalue weighted by molar-refractivity contribution is 5.20. The van der Waals surface area contributed by atoms with Crippen molar-refractivity contribution in [2.24, 2.45) is 5.92 Å². The summed E-state index contributed by atoms with van der Waals surface area (Å²) in [6, 6.07) is 13.0. The summed E-state index contributed by atoms with van der Waals surface area (Å²) in [5.74, 6) is 0.787. The maximum atomic E-state index is 3.81. The molecule has 0 spiro atoms. The van der Waals surface area contributed by atoms with E-state index in [0.29, 0.717) is 6.04 Å². The average molecular weight is 286 g/mol. The van der Waals surface area contributed by atoms with Crippen molar-refractivity contribution in [3.8, 4) is 0 Å². The highest BCUT2D eigenvalue weighted by atomic mass is 15.3. The predicted molar refractivity (Wildman–Crippen MR) is 89.4 cm³/mol. The molecule has 3 unspecified atom stereocenters. The van der Waals surface area contributed by atoms with Gasteiger partial charge in [-0.3, -0.25) is 4.90 Å². The van der Waals surface area contributed by atoms with Crippen LogP contribution in [0.3, 0.4) is 0 Å². The van der Waals surface area contributed by atoms with E-state index in [1.54, 1.807) is 0 Å². The van der Waals surface area contributed by atoms with Gasteiger partial charge in [-0.05, 0) is 24.3 Å². The second kappa shape index (κ2) is 6.93. The molecule has 3 rings (SSSR count). The lowest BCUT2D eigenvalue weighted by Gasteiger charge is -2.46. The molecule has 0 aromatic heterocycles. The van der Waals surface area contributed by atoms with Gasteiger partial charge in [-0.2, -0.15) is 0 Å². The Balaban J connectivity index is 1.75. The van der Waals surface area contributed by atoms with Gasteiger partial charge in [0, 0.05) is 31.2 Å². The van der Waals surface area contributed by atoms with Crippen molar-refractivity contribution < 1.29 is 0 Å². The standard InChI is InChI=1S/C19H30N2/c1-3-15(2)19-13-20-18(16-9-5-4-6-10-16)14-21(19)17-11-7-8-12-17/h4-6,9-10,15,17-20H,3,7-8,11-14H2,1-2H3. The summed E-state index contributed by atoms with van der Waals surface area (Å²) in [4.78, 5) is 2.86. The summed E-state index contributed by atoms with van der Waals surface area (Å²) in [6.45, 7) is 7.09. The van der Waals surface area contributed by atoms with Gasteiger partial charge in [0.1, 0.15) is 0 Å². The summed E-state index contributed by atoms with van der Waals surface area (Å²) >= 11 is 0. The zero-order valence-electron chi connectivity index (χ0n) is 13.6. The Morgan fingerprint density at radius 3 is 2.57 bits per heavy atom. The average Bonchev–Trinajstić information content (AvgIpc) is 3.09. The second-order valence-electron chi connectivity index (χ2n) is 6.96. The molecule has 2 heteroatoms. The van der Waals surface area contributed by atoms with Crippen LogP contribution in [-0.4, -0.2) is 30.1 Å². The molecule has 1 heterocycles. The van der Waals surface area contributed by atoms with Crippen LogP contribution >= 0.6 is 0 Å². The monoisotopic (exact) mass is 286 g/mol. The predicted octanol–water partition coefficient (Wildman–Crippen LogP) is 3.99. The lowest BCUT2D eigenvalue weighted by Crippen LogP contribution is -2.57. The molecule has 21 heavy (non-hydrogen) atoms. The molecule has 1 N–H and O–H groups in total. The molecule has 1 saturated heterocycles. The van der Waals surface area contributed by atoms with E-state index in [1.165, 1.54) is 44.2 Å². The molecule has 2 nitrogen and oxygen atoms in total. The third-order valence-electron chi connectivity index (χ3n) is 5.69. The zero-order valence-corrected chi connectivity index (χ0v) is 13.6. The SMILES string of the molecule is CCC(C)C1CNC(c2ccccc2)CN1C1CCCC1. The number of piperazine rings is 1. The van der Waals surface area contributed by atoms with E-state index in [2.05, 4.69) is 54.4 Å². The minimum Gasteiger partial charge on any atom is -0.307 e. The van der Waals surface area contributed by atoms with Gasteiger partial charge >= 0.3 is 0 Å². The Labute approximate surface area is 129 Å². The van der Waals surface area contributed by atoms with E-state index in [0.717, 1.165) is 24.5 Å². The van der Waals surface area contributed by atoms with Crippen LogP contribution in [0.5, 0.6) is 0 Å². The number of nitrogens with zero attached hydrogens (tertiary/aromatic N) is 1. The molecule has 2 fully saturated rings. The molecule has 1 saturated carbocycles. The van der Waals surface area contributed by atoms with Crippen molar-refractivity contribution in [3.63, 3.8) is 0 Å². The summed E-state index contributed by atoms with van der Waals surface area (Å²) in [5, 5.41) is 3.81. The number of nitrogens with one attached hydrogen (secondary N) is 1. The van der Waals surface area contributed by atoms with Crippen LogP contribution in [0, 0.1) is 5.92 Å². The molecule has 1 aromatic carbocycles. The second-order valence-corrected chi connectivity index (χ2v) is 6.96. The molecule has 1 aliphatic carbocycles. The Kier molecular flexibility index (Phi) is 4.97. The minimum absolute atomic E-state index is 0.507. The molecule has 3 atom stereocenters. The van der Waals surface area contributed by atoms with Crippen molar-refractivity contribution in [1.29, 1.82) is 0 Å². The molecule has 0 amide bonds. The molecule has 116 valence electrons. The molecular weight excluding hydrogens is 256 g/mol. The number of rotatable bonds is 4.